The lowest BCUT2D eigenvalue weighted by Crippen LogP contribution is -2.12. The molecule has 72 valence electrons. The molecule has 0 amide bonds. The molecular weight excluding hydrogens is 166 g/mol. The summed E-state index contributed by atoms with van der Waals surface area (Å²) in [5.74, 6) is 0.781. The van der Waals surface area contributed by atoms with E-state index in [-0.39, 0.29) is 12.6 Å². The van der Waals surface area contributed by atoms with Crippen LogP contribution in [0.4, 0.5) is 0 Å². The van der Waals surface area contributed by atoms with Crippen LogP contribution in [0.2, 0.25) is 0 Å². The van der Waals surface area contributed by atoms with Gasteiger partial charge in [0.05, 0.1) is 7.11 Å². The SMILES string of the molecule is COc1ccccc1C(N)CCO. The normalized spacial score (nSPS) is 12.5. The van der Waals surface area contributed by atoms with Crippen LogP contribution in [0.1, 0.15) is 18.0 Å². The molecule has 0 bridgehead atoms. The van der Waals surface area contributed by atoms with Gasteiger partial charge in [-0.15, -0.1) is 0 Å². The second-order valence-electron chi connectivity index (χ2n) is 2.86. The van der Waals surface area contributed by atoms with Crippen molar-refractivity contribution in [3.63, 3.8) is 0 Å². The summed E-state index contributed by atoms with van der Waals surface area (Å²) >= 11 is 0. The third kappa shape index (κ3) is 2.44. The zero-order valence-electron chi connectivity index (χ0n) is 7.73. The molecule has 0 heterocycles. The fourth-order valence-corrected chi connectivity index (χ4v) is 1.27. The number of hydrogen-bond acceptors (Lipinski definition) is 3. The maximum atomic E-state index is 8.74. The molecule has 0 aliphatic heterocycles. The Kier molecular flexibility index (Phi) is 3.73. The number of para-hydroxylation sites is 1. The fraction of sp³-hybridized carbons (Fsp3) is 0.400. The van der Waals surface area contributed by atoms with Gasteiger partial charge in [0.25, 0.3) is 0 Å². The molecule has 3 nitrogen and oxygen atoms in total. The first-order valence-electron chi connectivity index (χ1n) is 4.29. The Morgan fingerprint density at radius 1 is 1.46 bits per heavy atom. The van der Waals surface area contributed by atoms with E-state index in [1.807, 2.05) is 24.3 Å². The Labute approximate surface area is 78.1 Å². The Morgan fingerprint density at radius 2 is 2.15 bits per heavy atom. The minimum atomic E-state index is -0.152. The number of hydrogen-bond donors (Lipinski definition) is 2. The molecule has 1 rings (SSSR count). The molecule has 3 heteroatoms. The lowest BCUT2D eigenvalue weighted by atomic mass is 10.0. The van der Waals surface area contributed by atoms with Crippen molar-refractivity contribution in [2.45, 2.75) is 12.5 Å². The van der Waals surface area contributed by atoms with Crippen LogP contribution in [-0.4, -0.2) is 18.8 Å². The number of aliphatic hydroxyl groups is 1. The largest absolute Gasteiger partial charge is 0.496 e. The van der Waals surface area contributed by atoms with Gasteiger partial charge < -0.3 is 15.6 Å². The highest BCUT2D eigenvalue weighted by atomic mass is 16.5. The first kappa shape index (κ1) is 10.0. The molecule has 3 N–H and O–H groups in total. The Morgan fingerprint density at radius 3 is 2.77 bits per heavy atom. The molecule has 0 saturated carbocycles. The van der Waals surface area contributed by atoms with E-state index in [0.29, 0.717) is 6.42 Å². The summed E-state index contributed by atoms with van der Waals surface area (Å²) in [6, 6.07) is 7.44. The Bertz CT molecular complexity index is 263. The van der Waals surface area contributed by atoms with E-state index in [1.54, 1.807) is 7.11 Å². The van der Waals surface area contributed by atoms with Crippen molar-refractivity contribution in [2.24, 2.45) is 5.73 Å². The van der Waals surface area contributed by atoms with Gasteiger partial charge in [-0.25, -0.2) is 0 Å². The third-order valence-electron chi connectivity index (χ3n) is 1.98. The van der Waals surface area contributed by atoms with E-state index in [9.17, 15) is 0 Å². The first-order chi connectivity index (χ1) is 6.29. The molecular formula is C10H15NO2. The third-order valence-corrected chi connectivity index (χ3v) is 1.98. The zero-order chi connectivity index (χ0) is 9.68. The molecule has 1 atom stereocenters. The zero-order valence-corrected chi connectivity index (χ0v) is 7.73. The molecule has 0 aliphatic carbocycles. The van der Waals surface area contributed by atoms with E-state index >= 15 is 0 Å². The Balaban J connectivity index is 2.85. The monoisotopic (exact) mass is 181 g/mol. The summed E-state index contributed by atoms with van der Waals surface area (Å²) in [6.45, 7) is 0.0964. The number of methoxy groups -OCH3 is 1. The molecule has 0 fully saturated rings. The van der Waals surface area contributed by atoms with Crippen LogP contribution in [0.15, 0.2) is 24.3 Å². The van der Waals surface area contributed by atoms with Crippen LogP contribution in [0.3, 0.4) is 0 Å². The molecule has 1 aromatic carbocycles. The van der Waals surface area contributed by atoms with Crippen molar-refractivity contribution in [1.29, 1.82) is 0 Å². The van der Waals surface area contributed by atoms with Crippen LogP contribution >= 0.6 is 0 Å². The molecule has 1 aromatic rings. The van der Waals surface area contributed by atoms with Gasteiger partial charge in [0.2, 0.25) is 0 Å². The van der Waals surface area contributed by atoms with Crippen LogP contribution in [0.25, 0.3) is 0 Å². The maximum absolute atomic E-state index is 8.74. The van der Waals surface area contributed by atoms with Crippen molar-refractivity contribution in [3.8, 4) is 5.75 Å². The van der Waals surface area contributed by atoms with Crippen molar-refractivity contribution in [1.82, 2.24) is 0 Å². The molecule has 0 radical (unpaired) electrons. The minimum Gasteiger partial charge on any atom is -0.496 e. The smallest absolute Gasteiger partial charge is 0.123 e. The van der Waals surface area contributed by atoms with Crippen molar-refractivity contribution < 1.29 is 9.84 Å². The minimum absolute atomic E-state index is 0.0964. The molecule has 1 unspecified atom stereocenters. The number of rotatable bonds is 4. The number of aliphatic hydroxyl groups excluding tert-OH is 1. The van der Waals surface area contributed by atoms with Crippen LogP contribution in [0.5, 0.6) is 5.75 Å². The molecule has 0 spiro atoms. The highest BCUT2D eigenvalue weighted by Crippen LogP contribution is 2.24. The highest BCUT2D eigenvalue weighted by molar-refractivity contribution is 5.35. The number of nitrogens with two attached hydrogens (primary N) is 1. The van der Waals surface area contributed by atoms with Gasteiger partial charge in [0, 0.05) is 18.2 Å². The lowest BCUT2D eigenvalue weighted by molar-refractivity contribution is 0.275. The summed E-state index contributed by atoms with van der Waals surface area (Å²) in [7, 11) is 1.62. The molecule has 0 aliphatic rings. The van der Waals surface area contributed by atoms with Gasteiger partial charge in [0.1, 0.15) is 5.75 Å². The second-order valence-corrected chi connectivity index (χ2v) is 2.86. The average molecular weight is 181 g/mol. The predicted octanol–water partition coefficient (Wildman–Crippen LogP) is 1.08. The van der Waals surface area contributed by atoms with Gasteiger partial charge in [-0.1, -0.05) is 18.2 Å². The van der Waals surface area contributed by atoms with Gasteiger partial charge in [-0.3, -0.25) is 0 Å². The van der Waals surface area contributed by atoms with Crippen LogP contribution in [0, 0.1) is 0 Å². The highest BCUT2D eigenvalue weighted by Gasteiger charge is 2.09. The van der Waals surface area contributed by atoms with Crippen molar-refractivity contribution >= 4 is 0 Å². The summed E-state index contributed by atoms with van der Waals surface area (Å²) in [6.07, 6.45) is 0.556. The topological polar surface area (TPSA) is 55.5 Å². The quantitative estimate of drug-likeness (QED) is 0.730. The number of ether oxygens (including phenoxy) is 1. The summed E-state index contributed by atoms with van der Waals surface area (Å²) in [4.78, 5) is 0. The van der Waals surface area contributed by atoms with Gasteiger partial charge in [0.15, 0.2) is 0 Å². The lowest BCUT2D eigenvalue weighted by Gasteiger charge is -2.13. The summed E-state index contributed by atoms with van der Waals surface area (Å²) in [5.41, 5.74) is 6.79. The average Bonchev–Trinajstić information content (AvgIpc) is 2.18. The summed E-state index contributed by atoms with van der Waals surface area (Å²) < 4.78 is 5.15. The van der Waals surface area contributed by atoms with E-state index in [0.717, 1.165) is 11.3 Å². The van der Waals surface area contributed by atoms with E-state index in [4.69, 9.17) is 15.6 Å². The van der Waals surface area contributed by atoms with Crippen LogP contribution in [-0.2, 0) is 0 Å². The molecule has 0 aromatic heterocycles. The maximum Gasteiger partial charge on any atom is 0.123 e. The molecule has 0 saturated heterocycles. The number of benzene rings is 1. The molecule has 13 heavy (non-hydrogen) atoms. The van der Waals surface area contributed by atoms with Gasteiger partial charge in [-0.05, 0) is 12.5 Å². The van der Waals surface area contributed by atoms with Crippen molar-refractivity contribution in [3.05, 3.63) is 29.8 Å². The summed E-state index contributed by atoms with van der Waals surface area (Å²) in [5, 5.41) is 8.74. The van der Waals surface area contributed by atoms with E-state index in [2.05, 4.69) is 0 Å². The van der Waals surface area contributed by atoms with Crippen LogP contribution < -0.4 is 10.5 Å². The second kappa shape index (κ2) is 4.84. The van der Waals surface area contributed by atoms with Crippen molar-refractivity contribution in [2.75, 3.05) is 13.7 Å². The van der Waals surface area contributed by atoms with Gasteiger partial charge >= 0.3 is 0 Å². The standard InChI is InChI=1S/C10H15NO2/c1-13-10-5-3-2-4-8(10)9(11)6-7-12/h2-5,9,12H,6-7,11H2,1H3. The van der Waals surface area contributed by atoms with E-state index in [1.165, 1.54) is 0 Å². The van der Waals surface area contributed by atoms with E-state index < -0.39 is 0 Å². The fourth-order valence-electron chi connectivity index (χ4n) is 1.27. The first-order valence-corrected chi connectivity index (χ1v) is 4.29. The predicted molar refractivity (Wildman–Crippen MR) is 51.6 cm³/mol. The van der Waals surface area contributed by atoms with Gasteiger partial charge in [-0.2, -0.15) is 0 Å². The Hall–Kier alpha value is -1.06.